The smallest absolute Gasteiger partial charge is 0.143 e. The van der Waals surface area contributed by atoms with Crippen molar-refractivity contribution in [2.45, 2.75) is 25.6 Å². The highest BCUT2D eigenvalue weighted by Gasteiger charge is 2.43. The van der Waals surface area contributed by atoms with Gasteiger partial charge in [-0.1, -0.05) is 12.0 Å². The number of methoxy groups -OCH3 is 1. The molecule has 0 spiro atoms. The zero-order valence-electron chi connectivity index (χ0n) is 10.2. The molecule has 2 unspecified atom stereocenters. The monoisotopic (exact) mass is 234 g/mol. The highest BCUT2D eigenvalue weighted by Crippen LogP contribution is 2.41. The summed E-state index contributed by atoms with van der Waals surface area (Å²) in [5, 5.41) is 0. The zero-order chi connectivity index (χ0) is 12.5. The molecule has 2 atom stereocenters. The van der Waals surface area contributed by atoms with E-state index in [0.717, 1.165) is 11.1 Å². The molecule has 1 aromatic rings. The minimum atomic E-state index is -0.410. The van der Waals surface area contributed by atoms with Gasteiger partial charge in [-0.3, -0.25) is 0 Å². The van der Waals surface area contributed by atoms with E-state index >= 15 is 0 Å². The summed E-state index contributed by atoms with van der Waals surface area (Å²) in [6, 6.07) is 4.67. The van der Waals surface area contributed by atoms with Crippen LogP contribution in [0.15, 0.2) is 18.2 Å². The summed E-state index contributed by atoms with van der Waals surface area (Å²) in [4.78, 5) is 0. The zero-order valence-corrected chi connectivity index (χ0v) is 10.2. The largest absolute Gasteiger partial charge is 0.365 e. The molecular formula is C14H15FO2. The Morgan fingerprint density at radius 1 is 1.53 bits per heavy atom. The number of ether oxygens (including phenoxy) is 2. The molecule has 0 aromatic heterocycles. The molecule has 1 aliphatic heterocycles. The highest BCUT2D eigenvalue weighted by molar-refractivity contribution is 5.39. The topological polar surface area (TPSA) is 21.8 Å². The van der Waals surface area contributed by atoms with Crippen LogP contribution in [0.4, 0.5) is 4.39 Å². The molecule has 3 heteroatoms. The Bertz CT molecular complexity index is 481. The van der Waals surface area contributed by atoms with Gasteiger partial charge in [-0.15, -0.1) is 5.92 Å². The predicted octanol–water partition coefficient (Wildman–Crippen LogP) is 2.78. The Labute approximate surface area is 101 Å². The molecule has 0 bridgehead atoms. The van der Waals surface area contributed by atoms with Crippen LogP contribution in [0.3, 0.4) is 0 Å². The second-order valence-corrected chi connectivity index (χ2v) is 4.26. The second-order valence-electron chi connectivity index (χ2n) is 4.26. The molecule has 1 aliphatic rings. The first-order valence-electron chi connectivity index (χ1n) is 5.49. The molecule has 0 N–H and O–H groups in total. The summed E-state index contributed by atoms with van der Waals surface area (Å²) in [5.41, 5.74) is 1.39. The van der Waals surface area contributed by atoms with E-state index < -0.39 is 6.10 Å². The van der Waals surface area contributed by atoms with Gasteiger partial charge in [-0.05, 0) is 31.5 Å². The van der Waals surface area contributed by atoms with Gasteiger partial charge in [0.2, 0.25) is 0 Å². The van der Waals surface area contributed by atoms with Gasteiger partial charge in [0.1, 0.15) is 17.5 Å². The summed E-state index contributed by atoms with van der Waals surface area (Å²) in [5.74, 6) is 5.43. The van der Waals surface area contributed by atoms with Crippen molar-refractivity contribution < 1.29 is 13.9 Å². The molecule has 90 valence electrons. The normalized spacial score (nSPS) is 23.8. The number of epoxide rings is 1. The van der Waals surface area contributed by atoms with Gasteiger partial charge in [0.05, 0.1) is 6.61 Å². The molecular weight excluding hydrogens is 219 g/mol. The highest BCUT2D eigenvalue weighted by atomic mass is 19.1. The molecule has 1 fully saturated rings. The first-order valence-corrected chi connectivity index (χ1v) is 5.49. The van der Waals surface area contributed by atoms with E-state index in [2.05, 4.69) is 11.8 Å². The summed E-state index contributed by atoms with van der Waals surface area (Å²) in [7, 11) is 1.57. The van der Waals surface area contributed by atoms with Crippen LogP contribution in [-0.4, -0.2) is 13.7 Å². The number of hydrogen-bond acceptors (Lipinski definition) is 2. The standard InChI is InChI=1S/C14H15FO2/c1-4-5-13(16-3)11-8-10(15)6-7-12(11)14(2)9-17-14/h6-8,13H,9H2,1-3H3. The summed E-state index contributed by atoms with van der Waals surface area (Å²) >= 11 is 0. The average Bonchev–Trinajstić information content (AvgIpc) is 3.05. The Morgan fingerprint density at radius 3 is 2.76 bits per heavy atom. The lowest BCUT2D eigenvalue weighted by Crippen LogP contribution is -2.11. The van der Waals surface area contributed by atoms with Crippen molar-refractivity contribution in [2.75, 3.05) is 13.7 Å². The Balaban J connectivity index is 2.48. The fraction of sp³-hybridized carbons (Fsp3) is 0.429. The number of halogens is 1. The number of hydrogen-bond donors (Lipinski definition) is 0. The Hall–Kier alpha value is -1.37. The second kappa shape index (κ2) is 4.48. The third-order valence-corrected chi connectivity index (χ3v) is 2.95. The minimum absolute atomic E-state index is 0.284. The van der Waals surface area contributed by atoms with Gasteiger partial charge >= 0.3 is 0 Å². The van der Waals surface area contributed by atoms with Crippen LogP contribution in [0.2, 0.25) is 0 Å². The Kier molecular flexibility index (Phi) is 3.19. The fourth-order valence-corrected chi connectivity index (χ4v) is 1.89. The van der Waals surface area contributed by atoms with Gasteiger partial charge in [-0.2, -0.15) is 0 Å². The molecule has 17 heavy (non-hydrogen) atoms. The molecule has 2 nitrogen and oxygen atoms in total. The third kappa shape index (κ3) is 2.33. The van der Waals surface area contributed by atoms with Crippen molar-refractivity contribution in [3.05, 3.63) is 35.1 Å². The van der Waals surface area contributed by atoms with Crippen molar-refractivity contribution in [3.63, 3.8) is 0 Å². The molecule has 0 aliphatic carbocycles. The van der Waals surface area contributed by atoms with Gasteiger partial charge in [0, 0.05) is 12.7 Å². The average molecular weight is 234 g/mol. The fourth-order valence-electron chi connectivity index (χ4n) is 1.89. The van der Waals surface area contributed by atoms with E-state index in [9.17, 15) is 4.39 Å². The lowest BCUT2D eigenvalue weighted by atomic mass is 9.93. The van der Waals surface area contributed by atoms with Crippen molar-refractivity contribution in [3.8, 4) is 11.8 Å². The quantitative estimate of drug-likeness (QED) is 0.592. The third-order valence-electron chi connectivity index (χ3n) is 2.95. The van der Waals surface area contributed by atoms with Gasteiger partial charge < -0.3 is 9.47 Å². The maximum absolute atomic E-state index is 13.3. The van der Waals surface area contributed by atoms with Crippen LogP contribution in [0.1, 0.15) is 31.1 Å². The van der Waals surface area contributed by atoms with Gasteiger partial charge in [-0.25, -0.2) is 4.39 Å². The van der Waals surface area contributed by atoms with Crippen molar-refractivity contribution in [1.82, 2.24) is 0 Å². The maximum Gasteiger partial charge on any atom is 0.143 e. The molecule has 1 aromatic carbocycles. The SMILES string of the molecule is CC#CC(OC)c1cc(F)ccc1C1(C)CO1. The predicted molar refractivity (Wildman–Crippen MR) is 62.9 cm³/mol. The van der Waals surface area contributed by atoms with Crippen molar-refractivity contribution in [1.29, 1.82) is 0 Å². The summed E-state index contributed by atoms with van der Waals surface area (Å²) in [6.07, 6.45) is -0.410. The van der Waals surface area contributed by atoms with E-state index in [-0.39, 0.29) is 11.4 Å². The van der Waals surface area contributed by atoms with Crippen LogP contribution < -0.4 is 0 Å². The van der Waals surface area contributed by atoms with E-state index in [1.54, 1.807) is 20.1 Å². The Morgan fingerprint density at radius 2 is 2.24 bits per heavy atom. The van der Waals surface area contributed by atoms with Crippen molar-refractivity contribution in [2.24, 2.45) is 0 Å². The van der Waals surface area contributed by atoms with Gasteiger partial charge in [0.15, 0.2) is 0 Å². The number of benzene rings is 1. The lowest BCUT2D eigenvalue weighted by molar-refractivity contribution is 0.147. The van der Waals surface area contributed by atoms with Crippen LogP contribution in [-0.2, 0) is 15.1 Å². The van der Waals surface area contributed by atoms with E-state index in [4.69, 9.17) is 9.47 Å². The van der Waals surface area contributed by atoms with Crippen LogP contribution in [0.5, 0.6) is 0 Å². The first kappa shape index (κ1) is 12.1. The molecule has 0 amide bonds. The first-order chi connectivity index (χ1) is 8.10. The summed E-state index contributed by atoms with van der Waals surface area (Å²) < 4.78 is 24.1. The van der Waals surface area contributed by atoms with E-state index in [1.165, 1.54) is 12.1 Å². The maximum atomic E-state index is 13.3. The molecule has 1 saturated heterocycles. The molecule has 1 heterocycles. The molecule has 0 saturated carbocycles. The number of rotatable bonds is 3. The summed E-state index contributed by atoms with van der Waals surface area (Å²) in [6.45, 7) is 4.37. The molecule has 0 radical (unpaired) electrons. The van der Waals surface area contributed by atoms with Gasteiger partial charge in [0.25, 0.3) is 0 Å². The van der Waals surface area contributed by atoms with E-state index in [0.29, 0.717) is 6.61 Å². The van der Waals surface area contributed by atoms with E-state index in [1.807, 2.05) is 6.92 Å². The van der Waals surface area contributed by atoms with Crippen LogP contribution in [0.25, 0.3) is 0 Å². The minimum Gasteiger partial charge on any atom is -0.365 e. The lowest BCUT2D eigenvalue weighted by Gasteiger charge is -2.17. The van der Waals surface area contributed by atoms with Crippen LogP contribution in [0, 0.1) is 17.7 Å². The van der Waals surface area contributed by atoms with Crippen LogP contribution >= 0.6 is 0 Å². The molecule has 2 rings (SSSR count). The van der Waals surface area contributed by atoms with Crippen molar-refractivity contribution >= 4 is 0 Å².